The molecule has 0 saturated heterocycles. The van der Waals surface area contributed by atoms with Crippen molar-refractivity contribution in [1.29, 1.82) is 0 Å². The molecule has 28 heavy (non-hydrogen) atoms. The Hall–Kier alpha value is -3.08. The Kier molecular flexibility index (Phi) is 4.35. The van der Waals surface area contributed by atoms with Gasteiger partial charge in [0.25, 0.3) is 0 Å². The van der Waals surface area contributed by atoms with Crippen LogP contribution < -0.4 is 9.47 Å². The van der Waals surface area contributed by atoms with Gasteiger partial charge in [0.15, 0.2) is 0 Å². The average Bonchev–Trinajstić information content (AvgIpc) is 3.20. The fourth-order valence-electron chi connectivity index (χ4n) is 4.31. The summed E-state index contributed by atoms with van der Waals surface area (Å²) in [5.74, 6) is 3.25. The van der Waals surface area contributed by atoms with Crippen molar-refractivity contribution in [2.24, 2.45) is 0 Å². The highest BCUT2D eigenvalue weighted by Gasteiger charge is 2.42. The molecule has 142 valence electrons. The van der Waals surface area contributed by atoms with Crippen LogP contribution in [0.4, 0.5) is 0 Å². The van der Waals surface area contributed by atoms with Crippen LogP contribution in [0, 0.1) is 0 Å². The van der Waals surface area contributed by atoms with Crippen molar-refractivity contribution in [3.05, 3.63) is 76.9 Å². The lowest BCUT2D eigenvalue weighted by Crippen LogP contribution is -1.90. The average molecular weight is 374 g/mol. The van der Waals surface area contributed by atoms with E-state index in [0.29, 0.717) is 18.4 Å². The van der Waals surface area contributed by atoms with E-state index in [1.807, 2.05) is 24.4 Å². The number of nitrogens with zero attached hydrogens (tertiary/aromatic N) is 1. The minimum atomic E-state index is 0.629. The lowest BCUT2D eigenvalue weighted by atomic mass is 9.99. The second-order valence-corrected chi connectivity index (χ2v) is 7.42. The third kappa shape index (κ3) is 3.07. The number of aromatic amines is 1. The molecule has 6 rings (SSSR count). The SMILES string of the molecule is O=Cc1cccc2c1CCO2.c1cc2c(c(C3CC3c3cnc[nH]3)c1)CCO2. The lowest BCUT2D eigenvalue weighted by molar-refractivity contribution is 0.112. The van der Waals surface area contributed by atoms with Gasteiger partial charge in [-0.05, 0) is 30.0 Å². The summed E-state index contributed by atoms with van der Waals surface area (Å²) in [7, 11) is 0. The molecule has 0 amide bonds. The largest absolute Gasteiger partial charge is 0.493 e. The zero-order chi connectivity index (χ0) is 18.9. The number of hydrogen-bond donors (Lipinski definition) is 1. The Balaban J connectivity index is 0.000000135. The van der Waals surface area contributed by atoms with Crippen LogP contribution in [-0.2, 0) is 12.8 Å². The highest BCUT2D eigenvalue weighted by molar-refractivity contribution is 5.79. The molecule has 3 aromatic rings. The Morgan fingerprint density at radius 2 is 1.71 bits per heavy atom. The van der Waals surface area contributed by atoms with Crippen LogP contribution in [0.25, 0.3) is 0 Å². The minimum absolute atomic E-state index is 0.629. The third-order valence-electron chi connectivity index (χ3n) is 5.79. The van der Waals surface area contributed by atoms with Gasteiger partial charge in [-0.25, -0.2) is 4.98 Å². The molecule has 0 bridgehead atoms. The van der Waals surface area contributed by atoms with E-state index in [0.717, 1.165) is 48.4 Å². The molecule has 2 aromatic carbocycles. The highest BCUT2D eigenvalue weighted by Crippen LogP contribution is 2.55. The van der Waals surface area contributed by atoms with E-state index in [2.05, 4.69) is 28.2 Å². The van der Waals surface area contributed by atoms with Crippen molar-refractivity contribution >= 4 is 6.29 Å². The van der Waals surface area contributed by atoms with Gasteiger partial charge in [0.1, 0.15) is 17.8 Å². The first-order valence-corrected chi connectivity index (χ1v) is 9.78. The van der Waals surface area contributed by atoms with Gasteiger partial charge >= 0.3 is 0 Å². The maximum atomic E-state index is 10.5. The third-order valence-corrected chi connectivity index (χ3v) is 5.79. The van der Waals surface area contributed by atoms with Crippen molar-refractivity contribution in [2.75, 3.05) is 13.2 Å². The van der Waals surface area contributed by atoms with E-state index in [1.165, 1.54) is 23.2 Å². The zero-order valence-corrected chi connectivity index (χ0v) is 15.6. The fourth-order valence-corrected chi connectivity index (χ4v) is 4.31. The molecule has 1 aromatic heterocycles. The van der Waals surface area contributed by atoms with E-state index in [4.69, 9.17) is 9.47 Å². The van der Waals surface area contributed by atoms with Crippen LogP contribution >= 0.6 is 0 Å². The second kappa shape index (κ2) is 7.15. The van der Waals surface area contributed by atoms with Crippen molar-refractivity contribution in [3.63, 3.8) is 0 Å². The normalized spacial score (nSPS) is 20.9. The Morgan fingerprint density at radius 1 is 0.964 bits per heavy atom. The number of carbonyl (C=O) groups excluding carboxylic acids is 1. The number of carbonyl (C=O) groups is 1. The van der Waals surface area contributed by atoms with Gasteiger partial charge in [0.05, 0.1) is 19.5 Å². The predicted molar refractivity (Wildman–Crippen MR) is 105 cm³/mol. The number of rotatable bonds is 3. The summed E-state index contributed by atoms with van der Waals surface area (Å²) >= 11 is 0. The molecule has 1 saturated carbocycles. The summed E-state index contributed by atoms with van der Waals surface area (Å²) in [6, 6.07) is 12.0. The van der Waals surface area contributed by atoms with Crippen molar-refractivity contribution < 1.29 is 14.3 Å². The number of hydrogen-bond acceptors (Lipinski definition) is 4. The van der Waals surface area contributed by atoms with Crippen LogP contribution in [0.15, 0.2) is 48.9 Å². The molecule has 1 aliphatic carbocycles. The van der Waals surface area contributed by atoms with Gasteiger partial charge in [-0.1, -0.05) is 24.3 Å². The number of imidazole rings is 1. The summed E-state index contributed by atoms with van der Waals surface area (Å²) in [5, 5.41) is 0. The molecular weight excluding hydrogens is 352 g/mol. The first-order chi connectivity index (χ1) is 13.8. The number of ether oxygens (including phenoxy) is 2. The highest BCUT2D eigenvalue weighted by atomic mass is 16.5. The predicted octanol–water partition coefficient (Wildman–Crippen LogP) is 4.05. The summed E-state index contributed by atoms with van der Waals surface area (Å²) < 4.78 is 10.9. The van der Waals surface area contributed by atoms with Crippen LogP contribution in [0.2, 0.25) is 0 Å². The summed E-state index contributed by atoms with van der Waals surface area (Å²) in [4.78, 5) is 17.8. The number of aromatic nitrogens is 2. The number of aldehydes is 1. The molecule has 2 unspecified atom stereocenters. The molecule has 3 heterocycles. The fraction of sp³-hybridized carbons (Fsp3) is 0.304. The first-order valence-electron chi connectivity index (χ1n) is 9.78. The van der Waals surface area contributed by atoms with Crippen LogP contribution in [0.5, 0.6) is 11.5 Å². The summed E-state index contributed by atoms with van der Waals surface area (Å²) in [6.45, 7) is 1.55. The molecular formula is C23H22N2O3. The topological polar surface area (TPSA) is 64.2 Å². The van der Waals surface area contributed by atoms with Gasteiger partial charge in [-0.15, -0.1) is 0 Å². The molecule has 2 atom stereocenters. The molecule has 2 aliphatic heterocycles. The molecule has 5 nitrogen and oxygen atoms in total. The van der Waals surface area contributed by atoms with Gasteiger partial charge in [0, 0.05) is 47.3 Å². The van der Waals surface area contributed by atoms with E-state index in [9.17, 15) is 4.79 Å². The van der Waals surface area contributed by atoms with Crippen molar-refractivity contribution in [3.8, 4) is 11.5 Å². The van der Waals surface area contributed by atoms with E-state index in [-0.39, 0.29) is 0 Å². The van der Waals surface area contributed by atoms with Crippen molar-refractivity contribution in [1.82, 2.24) is 9.97 Å². The second-order valence-electron chi connectivity index (χ2n) is 7.42. The van der Waals surface area contributed by atoms with E-state index < -0.39 is 0 Å². The summed E-state index contributed by atoms with van der Waals surface area (Å²) in [5.41, 5.74) is 6.01. The van der Waals surface area contributed by atoms with Gasteiger partial charge in [-0.2, -0.15) is 0 Å². The molecule has 0 radical (unpaired) electrons. The summed E-state index contributed by atoms with van der Waals surface area (Å²) in [6.07, 6.45) is 7.77. The standard InChI is InChI=1S/C14H14N2O.C9H8O2/c1-2-9(10-4-5-17-14(10)3-1)11-6-12(11)13-7-15-8-16-13;10-6-7-2-1-3-9-8(7)4-5-11-9/h1-3,7-8,11-12H,4-6H2,(H,15,16);1-3,6H,4-5H2. The number of fused-ring (bicyclic) bond motifs is 2. The van der Waals surface area contributed by atoms with Crippen molar-refractivity contribution in [2.45, 2.75) is 31.1 Å². The van der Waals surface area contributed by atoms with Crippen LogP contribution in [0.3, 0.4) is 0 Å². The molecule has 0 spiro atoms. The molecule has 5 heteroatoms. The number of benzene rings is 2. The molecule has 1 fully saturated rings. The maximum Gasteiger partial charge on any atom is 0.150 e. The Labute approximate surface area is 163 Å². The maximum absolute atomic E-state index is 10.5. The van der Waals surface area contributed by atoms with Gasteiger partial charge in [-0.3, -0.25) is 4.79 Å². The monoisotopic (exact) mass is 374 g/mol. The van der Waals surface area contributed by atoms with Gasteiger partial charge < -0.3 is 14.5 Å². The molecule has 1 N–H and O–H groups in total. The Morgan fingerprint density at radius 3 is 2.46 bits per heavy atom. The number of nitrogens with one attached hydrogen (secondary N) is 1. The van der Waals surface area contributed by atoms with Crippen LogP contribution in [0.1, 0.15) is 51.0 Å². The first kappa shape index (κ1) is 17.0. The zero-order valence-electron chi connectivity index (χ0n) is 15.6. The van der Waals surface area contributed by atoms with E-state index >= 15 is 0 Å². The quantitative estimate of drug-likeness (QED) is 0.703. The number of H-pyrrole nitrogens is 1. The Bertz CT molecular complexity index is 997. The molecule has 3 aliphatic rings. The smallest absolute Gasteiger partial charge is 0.150 e. The lowest BCUT2D eigenvalue weighted by Gasteiger charge is -2.05. The minimum Gasteiger partial charge on any atom is -0.493 e. The van der Waals surface area contributed by atoms with Crippen LogP contribution in [-0.4, -0.2) is 29.5 Å². The van der Waals surface area contributed by atoms with Gasteiger partial charge in [0.2, 0.25) is 0 Å². The van der Waals surface area contributed by atoms with E-state index in [1.54, 1.807) is 6.33 Å².